The summed E-state index contributed by atoms with van der Waals surface area (Å²) in [5.74, 6) is 0. The standard InChI is InChI=1S/C17H13N/c1-2-6-14(7-3-1)15-9-11-16(12-10-15)17-8-4-5-13-18-17/h1-13H/i5D. The lowest BCUT2D eigenvalue weighted by Gasteiger charge is -2.04. The number of hydrogen-bond acceptors (Lipinski definition) is 1. The average molecular weight is 232 g/mol. The van der Waals surface area contributed by atoms with Crippen molar-refractivity contribution in [2.45, 2.75) is 0 Å². The number of rotatable bonds is 2. The summed E-state index contributed by atoms with van der Waals surface area (Å²) >= 11 is 0. The second-order valence-electron chi connectivity index (χ2n) is 4.09. The van der Waals surface area contributed by atoms with E-state index in [9.17, 15) is 0 Å². The first-order valence-electron chi connectivity index (χ1n) is 6.41. The van der Waals surface area contributed by atoms with Crippen LogP contribution >= 0.6 is 0 Å². The summed E-state index contributed by atoms with van der Waals surface area (Å²) in [4.78, 5) is 4.26. The zero-order valence-electron chi connectivity index (χ0n) is 10.9. The largest absolute Gasteiger partial charge is 0.256 e. The quantitative estimate of drug-likeness (QED) is 0.637. The summed E-state index contributed by atoms with van der Waals surface area (Å²) in [5.41, 5.74) is 4.38. The topological polar surface area (TPSA) is 12.9 Å². The van der Waals surface area contributed by atoms with E-state index in [2.05, 4.69) is 41.4 Å². The molecule has 0 radical (unpaired) electrons. The molecule has 18 heavy (non-hydrogen) atoms. The number of benzene rings is 2. The van der Waals surface area contributed by atoms with Gasteiger partial charge in [0.2, 0.25) is 0 Å². The Morgan fingerprint density at radius 1 is 0.667 bits per heavy atom. The average Bonchev–Trinajstić information content (AvgIpc) is 2.49. The van der Waals surface area contributed by atoms with E-state index in [1.54, 1.807) is 12.3 Å². The molecule has 1 aromatic heterocycles. The molecule has 3 aromatic rings. The first-order valence-corrected chi connectivity index (χ1v) is 5.91. The molecule has 0 N–H and O–H groups in total. The van der Waals surface area contributed by atoms with E-state index in [0.717, 1.165) is 11.3 Å². The van der Waals surface area contributed by atoms with E-state index in [1.165, 1.54) is 11.1 Å². The molecule has 3 rings (SSSR count). The first-order chi connectivity index (χ1) is 9.33. The Kier molecular flexibility index (Phi) is 2.58. The monoisotopic (exact) mass is 232 g/mol. The Balaban J connectivity index is 1.93. The van der Waals surface area contributed by atoms with Crippen LogP contribution in [-0.4, -0.2) is 4.98 Å². The van der Waals surface area contributed by atoms with Crippen LogP contribution in [0.2, 0.25) is 0 Å². The fourth-order valence-electron chi connectivity index (χ4n) is 1.95. The molecular formula is C17H13N. The molecule has 0 unspecified atom stereocenters. The summed E-state index contributed by atoms with van der Waals surface area (Å²) in [5, 5.41) is 0. The lowest BCUT2D eigenvalue weighted by Crippen LogP contribution is -1.82. The Morgan fingerprint density at radius 3 is 2.00 bits per heavy atom. The third-order valence-electron chi connectivity index (χ3n) is 2.90. The van der Waals surface area contributed by atoms with E-state index in [1.807, 2.05) is 24.3 Å². The van der Waals surface area contributed by atoms with Gasteiger partial charge in [0, 0.05) is 11.8 Å². The van der Waals surface area contributed by atoms with E-state index in [-0.39, 0.29) is 0 Å². The van der Waals surface area contributed by atoms with Gasteiger partial charge in [0.25, 0.3) is 0 Å². The lowest BCUT2D eigenvalue weighted by molar-refractivity contribution is 1.33. The molecule has 0 aliphatic heterocycles. The van der Waals surface area contributed by atoms with Crippen LogP contribution in [0, 0.1) is 0 Å². The van der Waals surface area contributed by atoms with Crippen LogP contribution in [0.4, 0.5) is 0 Å². The van der Waals surface area contributed by atoms with Crippen molar-refractivity contribution in [2.75, 3.05) is 0 Å². The normalized spacial score (nSPS) is 11.0. The van der Waals surface area contributed by atoms with Gasteiger partial charge in [-0.25, -0.2) is 0 Å². The minimum atomic E-state index is 0.435. The second-order valence-corrected chi connectivity index (χ2v) is 4.09. The fourth-order valence-corrected chi connectivity index (χ4v) is 1.95. The van der Waals surface area contributed by atoms with Crippen LogP contribution in [0.1, 0.15) is 1.37 Å². The minimum absolute atomic E-state index is 0.435. The van der Waals surface area contributed by atoms with Gasteiger partial charge in [-0.1, -0.05) is 60.7 Å². The second kappa shape index (κ2) is 4.84. The predicted octanol–water partition coefficient (Wildman–Crippen LogP) is 4.42. The smallest absolute Gasteiger partial charge is 0.0701 e. The highest BCUT2D eigenvalue weighted by atomic mass is 14.7. The summed E-state index contributed by atoms with van der Waals surface area (Å²) in [6.45, 7) is 0. The Bertz CT molecular complexity index is 658. The van der Waals surface area contributed by atoms with E-state index in [4.69, 9.17) is 1.37 Å². The number of hydrogen-bond donors (Lipinski definition) is 0. The fraction of sp³-hybridized carbons (Fsp3) is 0. The molecular weight excluding hydrogens is 218 g/mol. The highest BCUT2D eigenvalue weighted by molar-refractivity contribution is 5.68. The van der Waals surface area contributed by atoms with Gasteiger partial charge in [-0.2, -0.15) is 0 Å². The molecule has 0 bridgehead atoms. The molecule has 0 saturated carbocycles. The van der Waals surface area contributed by atoms with E-state index in [0.29, 0.717) is 6.04 Å². The molecule has 2 aromatic carbocycles. The summed E-state index contributed by atoms with van der Waals surface area (Å²) in [7, 11) is 0. The minimum Gasteiger partial charge on any atom is -0.256 e. The molecule has 0 atom stereocenters. The van der Waals surface area contributed by atoms with Crippen molar-refractivity contribution >= 4 is 0 Å². The van der Waals surface area contributed by atoms with Gasteiger partial charge in [-0.3, -0.25) is 4.98 Å². The molecule has 0 aliphatic carbocycles. The lowest BCUT2D eigenvalue weighted by atomic mass is 10.0. The molecule has 1 heterocycles. The van der Waals surface area contributed by atoms with Crippen molar-refractivity contribution in [1.29, 1.82) is 0 Å². The van der Waals surface area contributed by atoms with Crippen molar-refractivity contribution < 1.29 is 1.37 Å². The zero-order chi connectivity index (χ0) is 13.1. The van der Waals surface area contributed by atoms with Crippen LogP contribution in [0.5, 0.6) is 0 Å². The van der Waals surface area contributed by atoms with Gasteiger partial charge in [0.1, 0.15) is 0 Å². The van der Waals surface area contributed by atoms with Crippen molar-refractivity contribution in [3.05, 3.63) is 79.0 Å². The van der Waals surface area contributed by atoms with Gasteiger partial charge in [0.05, 0.1) is 7.06 Å². The van der Waals surface area contributed by atoms with Gasteiger partial charge in [-0.15, -0.1) is 0 Å². The Labute approximate surface area is 108 Å². The highest BCUT2D eigenvalue weighted by Crippen LogP contribution is 2.23. The molecule has 1 nitrogen and oxygen atoms in total. The Hall–Kier alpha value is -2.41. The van der Waals surface area contributed by atoms with Crippen molar-refractivity contribution in [3.8, 4) is 22.4 Å². The summed E-state index contributed by atoms with van der Waals surface area (Å²) < 4.78 is 7.44. The van der Waals surface area contributed by atoms with Crippen molar-refractivity contribution in [1.82, 2.24) is 4.98 Å². The molecule has 0 fully saturated rings. The molecule has 1 heteroatoms. The highest BCUT2D eigenvalue weighted by Gasteiger charge is 1.99. The van der Waals surface area contributed by atoms with Crippen molar-refractivity contribution in [3.63, 3.8) is 0 Å². The number of nitrogens with zero attached hydrogens (tertiary/aromatic N) is 1. The predicted molar refractivity (Wildman–Crippen MR) is 75.1 cm³/mol. The molecule has 0 saturated heterocycles. The maximum absolute atomic E-state index is 7.44. The van der Waals surface area contributed by atoms with Gasteiger partial charge >= 0.3 is 0 Å². The van der Waals surface area contributed by atoms with Crippen LogP contribution in [-0.2, 0) is 0 Å². The molecule has 0 amide bonds. The summed E-state index contributed by atoms with van der Waals surface area (Å²) in [6, 6.07) is 22.7. The van der Waals surface area contributed by atoms with Crippen LogP contribution < -0.4 is 0 Å². The van der Waals surface area contributed by atoms with Crippen LogP contribution in [0.3, 0.4) is 0 Å². The molecule has 0 spiro atoms. The van der Waals surface area contributed by atoms with Crippen LogP contribution in [0.25, 0.3) is 22.4 Å². The third-order valence-corrected chi connectivity index (χ3v) is 2.90. The third kappa shape index (κ3) is 2.16. The van der Waals surface area contributed by atoms with E-state index < -0.39 is 0 Å². The summed E-state index contributed by atoms with van der Waals surface area (Å²) in [6.07, 6.45) is 1.57. The van der Waals surface area contributed by atoms with Gasteiger partial charge in [0.15, 0.2) is 0 Å². The maximum atomic E-state index is 7.44. The maximum Gasteiger partial charge on any atom is 0.0701 e. The molecule has 86 valence electrons. The Morgan fingerprint density at radius 2 is 1.33 bits per heavy atom. The first kappa shape index (κ1) is 9.60. The van der Waals surface area contributed by atoms with E-state index >= 15 is 0 Å². The SMILES string of the molecule is [2H]c1ccc(-c2ccc(-c3ccccc3)cc2)nc1. The van der Waals surface area contributed by atoms with Crippen molar-refractivity contribution in [2.24, 2.45) is 0 Å². The van der Waals surface area contributed by atoms with Crippen LogP contribution in [0.15, 0.2) is 79.0 Å². The van der Waals surface area contributed by atoms with Gasteiger partial charge < -0.3 is 0 Å². The van der Waals surface area contributed by atoms with Gasteiger partial charge in [-0.05, 0) is 23.2 Å². The zero-order valence-corrected chi connectivity index (χ0v) is 9.88. The number of aromatic nitrogens is 1. The molecule has 0 aliphatic rings. The number of pyridine rings is 1.